The number of hydrogen-bond acceptors (Lipinski definition) is 2. The van der Waals surface area contributed by atoms with Crippen LogP contribution in [0.15, 0.2) is 0 Å². The minimum Gasteiger partial charge on any atom is -0.301 e. The van der Waals surface area contributed by atoms with Gasteiger partial charge in [-0.1, -0.05) is 0 Å². The van der Waals surface area contributed by atoms with E-state index in [4.69, 9.17) is 0 Å². The van der Waals surface area contributed by atoms with E-state index < -0.39 is 11.0 Å². The van der Waals surface area contributed by atoms with E-state index >= 15 is 0 Å². The van der Waals surface area contributed by atoms with Gasteiger partial charge in [-0.25, -0.2) is 8.51 Å². The van der Waals surface area contributed by atoms with E-state index in [1.165, 1.54) is 12.8 Å². The smallest absolute Gasteiger partial charge is 0.0910 e. The van der Waals surface area contributed by atoms with Crippen LogP contribution in [0.4, 0.5) is 0 Å². The molecule has 16 heavy (non-hydrogen) atoms. The Balaban J connectivity index is 2.46. The van der Waals surface area contributed by atoms with Crippen molar-refractivity contribution in [1.29, 1.82) is 0 Å². The quantitative estimate of drug-likeness (QED) is 0.757. The maximum Gasteiger partial charge on any atom is 0.0910 e. The van der Waals surface area contributed by atoms with Gasteiger partial charge < -0.3 is 4.90 Å². The average Bonchev–Trinajstić information content (AvgIpc) is 2.16. The van der Waals surface area contributed by atoms with Crippen molar-refractivity contribution in [2.45, 2.75) is 39.2 Å². The lowest BCUT2D eigenvalue weighted by atomic mass is 9.97. The highest BCUT2D eigenvalue weighted by Crippen LogP contribution is 2.21. The highest BCUT2D eigenvalue weighted by molar-refractivity contribution is 7.81. The largest absolute Gasteiger partial charge is 0.301 e. The Labute approximate surface area is 103 Å². The number of rotatable bonds is 3. The first kappa shape index (κ1) is 14.1. The van der Waals surface area contributed by atoms with E-state index in [2.05, 4.69) is 37.0 Å². The molecule has 0 spiro atoms. The lowest BCUT2D eigenvalue weighted by molar-refractivity contribution is 0.125. The number of nitrogens with zero attached hydrogens (tertiary/aromatic N) is 2. The van der Waals surface area contributed by atoms with Gasteiger partial charge in [0.05, 0.1) is 11.0 Å². The molecule has 0 aliphatic carbocycles. The third kappa shape index (κ3) is 4.15. The minimum atomic E-state index is -0.794. The first-order valence-electron chi connectivity index (χ1n) is 6.10. The van der Waals surface area contributed by atoms with Crippen molar-refractivity contribution in [1.82, 2.24) is 9.21 Å². The normalized spacial score (nSPS) is 26.0. The van der Waals surface area contributed by atoms with Gasteiger partial charge in [0, 0.05) is 31.4 Å². The Morgan fingerprint density at radius 1 is 1.44 bits per heavy atom. The summed E-state index contributed by atoms with van der Waals surface area (Å²) < 4.78 is 13.6. The van der Waals surface area contributed by atoms with Crippen LogP contribution in [0.5, 0.6) is 0 Å². The van der Waals surface area contributed by atoms with E-state index in [-0.39, 0.29) is 5.54 Å². The van der Waals surface area contributed by atoms with Crippen LogP contribution >= 0.6 is 0 Å². The Kier molecular flexibility index (Phi) is 4.95. The maximum absolute atomic E-state index is 11.5. The third-order valence-electron chi connectivity index (χ3n) is 3.52. The van der Waals surface area contributed by atoms with Crippen molar-refractivity contribution >= 4 is 11.0 Å². The van der Waals surface area contributed by atoms with Crippen molar-refractivity contribution < 1.29 is 4.21 Å². The van der Waals surface area contributed by atoms with Crippen LogP contribution in [0, 0.1) is 5.92 Å². The Morgan fingerprint density at radius 3 is 2.56 bits per heavy atom. The molecule has 0 radical (unpaired) electrons. The summed E-state index contributed by atoms with van der Waals surface area (Å²) in [5.74, 6) is 0.668. The van der Waals surface area contributed by atoms with Crippen molar-refractivity contribution in [2.75, 3.05) is 32.9 Å². The molecule has 0 aromatic carbocycles. The summed E-state index contributed by atoms with van der Waals surface area (Å²) in [7, 11) is 1.39. The molecule has 0 bridgehead atoms. The van der Waals surface area contributed by atoms with Gasteiger partial charge >= 0.3 is 0 Å². The van der Waals surface area contributed by atoms with Crippen molar-refractivity contribution in [3.8, 4) is 0 Å². The number of piperidine rings is 1. The van der Waals surface area contributed by atoms with Gasteiger partial charge in [-0.15, -0.1) is 0 Å². The molecule has 2 unspecified atom stereocenters. The summed E-state index contributed by atoms with van der Waals surface area (Å²) in [5, 5.41) is 0. The van der Waals surface area contributed by atoms with Crippen LogP contribution < -0.4 is 0 Å². The zero-order chi connectivity index (χ0) is 12.3. The van der Waals surface area contributed by atoms with Crippen LogP contribution in [-0.4, -0.2) is 51.9 Å². The summed E-state index contributed by atoms with van der Waals surface area (Å²) in [5.41, 5.74) is 0.230. The van der Waals surface area contributed by atoms with Crippen LogP contribution in [0.3, 0.4) is 0 Å². The van der Waals surface area contributed by atoms with E-state index in [1.807, 2.05) is 0 Å². The second-order valence-corrected chi connectivity index (χ2v) is 7.24. The Bertz CT molecular complexity index is 250. The predicted octanol–water partition coefficient (Wildman–Crippen LogP) is 1.72. The van der Waals surface area contributed by atoms with E-state index in [1.54, 1.807) is 6.26 Å². The lowest BCUT2D eigenvalue weighted by Gasteiger charge is -2.38. The standard InChI is InChI=1S/C12H26N2OS/c1-12(2,3)13(4)9-11-7-6-8-14(10-11)16(5)15/h11H,6-10H2,1-5H3. The molecule has 4 heteroatoms. The lowest BCUT2D eigenvalue weighted by Crippen LogP contribution is -2.45. The molecule has 1 saturated heterocycles. The summed E-state index contributed by atoms with van der Waals surface area (Å²) >= 11 is 0. The van der Waals surface area contributed by atoms with Gasteiger partial charge in [-0.2, -0.15) is 0 Å². The molecule has 1 fully saturated rings. The Hall–Kier alpha value is 0.0700. The van der Waals surface area contributed by atoms with Crippen LogP contribution in [0.1, 0.15) is 33.6 Å². The zero-order valence-corrected chi connectivity index (χ0v) is 12.1. The monoisotopic (exact) mass is 246 g/mol. The molecular weight excluding hydrogens is 220 g/mol. The molecule has 1 heterocycles. The molecule has 0 N–H and O–H groups in total. The molecule has 0 saturated carbocycles. The molecule has 3 nitrogen and oxygen atoms in total. The minimum absolute atomic E-state index is 0.230. The average molecular weight is 246 g/mol. The van der Waals surface area contributed by atoms with Gasteiger partial charge in [-0.05, 0) is 46.6 Å². The van der Waals surface area contributed by atoms with Gasteiger partial charge in [-0.3, -0.25) is 0 Å². The first-order valence-corrected chi connectivity index (χ1v) is 7.62. The summed E-state index contributed by atoms with van der Waals surface area (Å²) in [6.45, 7) is 9.82. The maximum atomic E-state index is 11.5. The van der Waals surface area contributed by atoms with E-state index in [9.17, 15) is 4.21 Å². The molecule has 0 amide bonds. The van der Waals surface area contributed by atoms with Crippen molar-refractivity contribution in [2.24, 2.45) is 5.92 Å². The fourth-order valence-corrected chi connectivity index (χ4v) is 2.88. The summed E-state index contributed by atoms with van der Waals surface area (Å²) in [6, 6.07) is 0. The van der Waals surface area contributed by atoms with Gasteiger partial charge in [0.25, 0.3) is 0 Å². The molecule has 0 aromatic heterocycles. The SMILES string of the molecule is CN(CC1CCCN(S(C)=O)C1)C(C)(C)C. The third-order valence-corrected chi connectivity index (χ3v) is 4.58. The molecule has 1 rings (SSSR count). The fourth-order valence-electron chi connectivity index (χ4n) is 2.07. The topological polar surface area (TPSA) is 23.6 Å². The van der Waals surface area contributed by atoms with Gasteiger partial charge in [0.15, 0.2) is 0 Å². The second kappa shape index (κ2) is 5.61. The van der Waals surface area contributed by atoms with Crippen molar-refractivity contribution in [3.05, 3.63) is 0 Å². The molecule has 1 aliphatic heterocycles. The molecule has 1 aliphatic rings. The van der Waals surface area contributed by atoms with Crippen LogP contribution in [-0.2, 0) is 11.0 Å². The van der Waals surface area contributed by atoms with Crippen LogP contribution in [0.2, 0.25) is 0 Å². The molecule has 2 atom stereocenters. The fraction of sp³-hybridized carbons (Fsp3) is 1.00. The second-order valence-electron chi connectivity index (χ2n) is 5.87. The molecule has 96 valence electrons. The first-order chi connectivity index (χ1) is 7.30. The summed E-state index contributed by atoms with van der Waals surface area (Å²) in [4.78, 5) is 2.40. The predicted molar refractivity (Wildman–Crippen MR) is 70.7 cm³/mol. The van der Waals surface area contributed by atoms with Crippen molar-refractivity contribution in [3.63, 3.8) is 0 Å². The summed E-state index contributed by atoms with van der Waals surface area (Å²) in [6.07, 6.45) is 4.24. The highest BCUT2D eigenvalue weighted by Gasteiger charge is 2.26. The molecular formula is C12H26N2OS. The van der Waals surface area contributed by atoms with E-state index in [0.717, 1.165) is 19.6 Å². The Morgan fingerprint density at radius 2 is 2.06 bits per heavy atom. The zero-order valence-electron chi connectivity index (χ0n) is 11.3. The van der Waals surface area contributed by atoms with E-state index in [0.29, 0.717) is 5.92 Å². The van der Waals surface area contributed by atoms with Gasteiger partial charge in [0.2, 0.25) is 0 Å². The van der Waals surface area contributed by atoms with Gasteiger partial charge in [0.1, 0.15) is 0 Å². The number of hydrogen-bond donors (Lipinski definition) is 0. The highest BCUT2D eigenvalue weighted by atomic mass is 32.2. The molecule has 0 aromatic rings. The van der Waals surface area contributed by atoms with Crippen LogP contribution in [0.25, 0.3) is 0 Å².